The van der Waals surface area contributed by atoms with Crippen molar-refractivity contribution in [2.45, 2.75) is 12.7 Å². The van der Waals surface area contributed by atoms with Crippen molar-refractivity contribution in [2.24, 2.45) is 0 Å². The van der Waals surface area contributed by atoms with E-state index in [0.29, 0.717) is 6.54 Å². The number of carbonyl (C=O) groups is 1. The van der Waals surface area contributed by atoms with Crippen molar-refractivity contribution in [3.05, 3.63) is 52.2 Å². The van der Waals surface area contributed by atoms with E-state index in [0.717, 1.165) is 17.0 Å². The van der Waals surface area contributed by atoms with Crippen LogP contribution in [0.1, 0.15) is 10.4 Å². The van der Waals surface area contributed by atoms with Crippen LogP contribution in [-0.2, 0) is 17.5 Å². The van der Waals surface area contributed by atoms with Crippen LogP contribution in [-0.4, -0.2) is 12.5 Å². The van der Waals surface area contributed by atoms with Gasteiger partial charge in [-0.1, -0.05) is 12.1 Å². The van der Waals surface area contributed by atoms with Crippen molar-refractivity contribution in [3.63, 3.8) is 0 Å². The largest absolute Gasteiger partial charge is 0.416 e. The lowest BCUT2D eigenvalue weighted by atomic mass is 10.2. The number of nitrogens with one attached hydrogen (secondary N) is 2. The molecule has 0 aliphatic heterocycles. The summed E-state index contributed by atoms with van der Waals surface area (Å²) >= 11 is 1.56. The summed E-state index contributed by atoms with van der Waals surface area (Å²) in [7, 11) is 0. The number of benzene rings is 1. The van der Waals surface area contributed by atoms with Gasteiger partial charge >= 0.3 is 6.18 Å². The van der Waals surface area contributed by atoms with Crippen molar-refractivity contribution in [1.29, 1.82) is 0 Å². The number of carbonyl (C=O) groups excluding carboxylic acids is 1. The van der Waals surface area contributed by atoms with Crippen LogP contribution >= 0.6 is 11.3 Å². The molecule has 1 heterocycles. The number of thiophene rings is 1. The van der Waals surface area contributed by atoms with Crippen LogP contribution in [0.3, 0.4) is 0 Å². The number of amides is 1. The van der Waals surface area contributed by atoms with Gasteiger partial charge < -0.3 is 10.6 Å². The first kappa shape index (κ1) is 15.5. The Bertz CT molecular complexity index is 597. The molecule has 0 aliphatic carbocycles. The van der Waals surface area contributed by atoms with Crippen LogP contribution in [0.15, 0.2) is 41.8 Å². The van der Waals surface area contributed by atoms with Crippen molar-refractivity contribution in [2.75, 3.05) is 11.9 Å². The number of hydrogen-bond donors (Lipinski definition) is 2. The fourth-order valence-electron chi connectivity index (χ4n) is 1.69. The summed E-state index contributed by atoms with van der Waals surface area (Å²) in [6, 6.07) is 8.40. The highest BCUT2D eigenvalue weighted by Gasteiger charge is 2.30. The maximum Gasteiger partial charge on any atom is 0.416 e. The molecule has 3 nitrogen and oxygen atoms in total. The maximum atomic E-state index is 12.5. The van der Waals surface area contributed by atoms with Gasteiger partial charge in [0.1, 0.15) is 0 Å². The normalized spacial score (nSPS) is 11.4. The lowest BCUT2D eigenvalue weighted by Crippen LogP contribution is -2.27. The third-order valence-corrected chi connectivity index (χ3v) is 3.51. The van der Waals surface area contributed by atoms with E-state index < -0.39 is 11.7 Å². The van der Waals surface area contributed by atoms with E-state index in [1.54, 1.807) is 11.3 Å². The minimum atomic E-state index is -4.42. The number of hydrogen-bond acceptors (Lipinski definition) is 3. The first-order valence-corrected chi connectivity index (χ1v) is 7.03. The first-order valence-electron chi connectivity index (χ1n) is 6.15. The van der Waals surface area contributed by atoms with E-state index in [1.165, 1.54) is 12.1 Å². The summed E-state index contributed by atoms with van der Waals surface area (Å²) in [6.07, 6.45) is -4.42. The summed E-state index contributed by atoms with van der Waals surface area (Å²) in [5, 5.41) is 7.30. The lowest BCUT2D eigenvalue weighted by molar-refractivity contribution is -0.137. The fourth-order valence-corrected chi connectivity index (χ4v) is 2.37. The molecule has 0 atom stereocenters. The number of alkyl halides is 3. The Balaban J connectivity index is 1.85. The summed E-state index contributed by atoms with van der Waals surface area (Å²) in [6.45, 7) is 0.585. The Morgan fingerprint density at radius 2 is 2.00 bits per heavy atom. The molecule has 1 amide bonds. The molecule has 1 aromatic carbocycles. The van der Waals surface area contributed by atoms with Crippen LogP contribution in [0.25, 0.3) is 0 Å². The van der Waals surface area contributed by atoms with Crippen LogP contribution in [0.5, 0.6) is 0 Å². The quantitative estimate of drug-likeness (QED) is 0.887. The first-order chi connectivity index (χ1) is 9.95. The van der Waals surface area contributed by atoms with Gasteiger partial charge in [-0.05, 0) is 29.6 Å². The third-order valence-electron chi connectivity index (χ3n) is 2.64. The van der Waals surface area contributed by atoms with E-state index in [2.05, 4.69) is 10.6 Å². The number of rotatable bonds is 5. The van der Waals surface area contributed by atoms with Crippen molar-refractivity contribution in [3.8, 4) is 0 Å². The second-order valence-electron chi connectivity index (χ2n) is 4.31. The van der Waals surface area contributed by atoms with Gasteiger partial charge in [0.25, 0.3) is 0 Å². The molecular weight excluding hydrogens is 301 g/mol. The Kier molecular flexibility index (Phi) is 4.98. The average Bonchev–Trinajstić information content (AvgIpc) is 2.91. The predicted molar refractivity (Wildman–Crippen MR) is 76.1 cm³/mol. The van der Waals surface area contributed by atoms with Gasteiger partial charge in [0.15, 0.2) is 0 Å². The van der Waals surface area contributed by atoms with Crippen LogP contribution in [0.2, 0.25) is 0 Å². The fraction of sp³-hybridized carbons (Fsp3) is 0.214. The molecule has 0 spiro atoms. The van der Waals surface area contributed by atoms with Gasteiger partial charge in [0, 0.05) is 17.1 Å². The molecule has 2 N–H and O–H groups in total. The van der Waals surface area contributed by atoms with Crippen LogP contribution in [0.4, 0.5) is 18.9 Å². The van der Waals surface area contributed by atoms with E-state index in [9.17, 15) is 18.0 Å². The van der Waals surface area contributed by atoms with Gasteiger partial charge in [-0.25, -0.2) is 0 Å². The van der Waals surface area contributed by atoms with E-state index in [4.69, 9.17) is 0 Å². The van der Waals surface area contributed by atoms with E-state index >= 15 is 0 Å². The van der Waals surface area contributed by atoms with Crippen molar-refractivity contribution >= 4 is 22.9 Å². The Labute approximate surface area is 123 Å². The molecule has 2 aromatic rings. The number of halogens is 3. The predicted octanol–water partition coefficient (Wildman–Crippen LogP) is 3.50. The Morgan fingerprint density at radius 1 is 1.19 bits per heavy atom. The Hall–Kier alpha value is -1.86. The monoisotopic (exact) mass is 314 g/mol. The molecule has 0 bridgehead atoms. The highest BCUT2D eigenvalue weighted by Crippen LogP contribution is 2.30. The topological polar surface area (TPSA) is 41.1 Å². The van der Waals surface area contributed by atoms with Crippen molar-refractivity contribution in [1.82, 2.24) is 5.32 Å². The zero-order valence-electron chi connectivity index (χ0n) is 10.9. The standard InChI is InChI=1S/C14H13F3N2OS/c15-14(16,17)10-3-1-4-11(7-10)19-13(20)9-18-8-12-5-2-6-21-12/h1-7,18H,8-9H2,(H,19,20). The summed E-state index contributed by atoms with van der Waals surface area (Å²) in [5.74, 6) is -0.383. The molecule has 0 unspecified atom stereocenters. The Morgan fingerprint density at radius 3 is 2.67 bits per heavy atom. The molecule has 2 rings (SSSR count). The SMILES string of the molecule is O=C(CNCc1cccs1)Nc1cccc(C(F)(F)F)c1. The van der Waals surface area contributed by atoms with Gasteiger partial charge in [0.2, 0.25) is 5.91 Å². The molecule has 21 heavy (non-hydrogen) atoms. The van der Waals surface area contributed by atoms with E-state index in [1.807, 2.05) is 17.5 Å². The van der Waals surface area contributed by atoms with Gasteiger partial charge in [-0.2, -0.15) is 13.2 Å². The molecule has 0 aliphatic rings. The lowest BCUT2D eigenvalue weighted by Gasteiger charge is -2.10. The van der Waals surface area contributed by atoms with Crippen LogP contribution < -0.4 is 10.6 Å². The maximum absolute atomic E-state index is 12.5. The van der Waals surface area contributed by atoms with Crippen molar-refractivity contribution < 1.29 is 18.0 Å². The van der Waals surface area contributed by atoms with Gasteiger partial charge in [-0.3, -0.25) is 4.79 Å². The molecule has 112 valence electrons. The zero-order valence-corrected chi connectivity index (χ0v) is 11.7. The minimum absolute atomic E-state index is 0.0359. The third kappa shape index (κ3) is 4.87. The number of anilines is 1. The average molecular weight is 314 g/mol. The molecule has 0 saturated heterocycles. The molecule has 0 saturated carbocycles. The molecule has 7 heteroatoms. The molecule has 0 radical (unpaired) electrons. The highest BCUT2D eigenvalue weighted by atomic mass is 32.1. The second kappa shape index (κ2) is 6.73. The van der Waals surface area contributed by atoms with E-state index in [-0.39, 0.29) is 18.1 Å². The summed E-state index contributed by atoms with van der Waals surface area (Å²) in [5.41, 5.74) is -0.653. The molecule has 0 fully saturated rings. The van der Waals surface area contributed by atoms with Gasteiger partial charge in [-0.15, -0.1) is 11.3 Å². The summed E-state index contributed by atoms with van der Waals surface area (Å²) < 4.78 is 37.6. The summed E-state index contributed by atoms with van der Waals surface area (Å²) in [4.78, 5) is 12.7. The zero-order chi connectivity index (χ0) is 15.3. The van der Waals surface area contributed by atoms with Gasteiger partial charge in [0.05, 0.1) is 12.1 Å². The molecular formula is C14H13F3N2OS. The van der Waals surface area contributed by atoms with Crippen LogP contribution in [0, 0.1) is 0 Å². The smallest absolute Gasteiger partial charge is 0.325 e. The second-order valence-corrected chi connectivity index (χ2v) is 5.34. The minimum Gasteiger partial charge on any atom is -0.325 e. The molecule has 1 aromatic heterocycles. The highest BCUT2D eigenvalue weighted by molar-refractivity contribution is 7.09.